The standard InChI is InChI=1S/C37H33BrN2O9/c1-4-46-31-19-24(11-16-30(31)48-21-23-9-7-6-8-10-23)22-49-33-29(38)18-25(20-32(33)47-5-2)17-28-34(41)39-37(44)40(35(28)42)27-14-12-26(13-15-27)36(43)45-3/h6-20H,4-5,21-22H2,1-3H3,(H,39,41,44)/b28-17-. The molecular weight excluding hydrogens is 696 g/mol. The molecule has 252 valence electrons. The van der Waals surface area contributed by atoms with Gasteiger partial charge in [-0.25, -0.2) is 14.5 Å². The van der Waals surface area contributed by atoms with Crippen LogP contribution in [0.4, 0.5) is 10.5 Å². The molecule has 49 heavy (non-hydrogen) atoms. The number of hydrogen-bond acceptors (Lipinski definition) is 9. The second-order valence-electron chi connectivity index (χ2n) is 10.5. The first-order valence-corrected chi connectivity index (χ1v) is 16.1. The van der Waals surface area contributed by atoms with Gasteiger partial charge in [0.25, 0.3) is 11.8 Å². The van der Waals surface area contributed by atoms with Crippen molar-refractivity contribution < 1.29 is 42.9 Å². The van der Waals surface area contributed by atoms with Crippen LogP contribution in [0.25, 0.3) is 6.08 Å². The molecule has 1 N–H and O–H groups in total. The van der Waals surface area contributed by atoms with Crippen LogP contribution >= 0.6 is 15.9 Å². The summed E-state index contributed by atoms with van der Waals surface area (Å²) >= 11 is 3.55. The normalized spacial score (nSPS) is 13.6. The maximum absolute atomic E-state index is 13.5. The summed E-state index contributed by atoms with van der Waals surface area (Å²) < 4.78 is 29.1. The molecule has 0 bridgehead atoms. The molecule has 0 radical (unpaired) electrons. The Morgan fingerprint density at radius 3 is 2.16 bits per heavy atom. The van der Waals surface area contributed by atoms with Crippen LogP contribution in [-0.4, -0.2) is 44.1 Å². The summed E-state index contributed by atoms with van der Waals surface area (Å²) in [7, 11) is 1.25. The van der Waals surface area contributed by atoms with Gasteiger partial charge in [-0.1, -0.05) is 36.4 Å². The lowest BCUT2D eigenvalue weighted by atomic mass is 10.1. The van der Waals surface area contributed by atoms with E-state index in [0.717, 1.165) is 16.0 Å². The molecule has 0 aliphatic carbocycles. The van der Waals surface area contributed by atoms with E-state index >= 15 is 0 Å². The van der Waals surface area contributed by atoms with E-state index in [2.05, 4.69) is 21.2 Å². The minimum atomic E-state index is -0.916. The van der Waals surface area contributed by atoms with Gasteiger partial charge in [-0.15, -0.1) is 0 Å². The van der Waals surface area contributed by atoms with Gasteiger partial charge in [0.15, 0.2) is 23.0 Å². The van der Waals surface area contributed by atoms with Crippen molar-refractivity contribution in [2.45, 2.75) is 27.1 Å². The number of nitrogens with zero attached hydrogens (tertiary/aromatic N) is 1. The van der Waals surface area contributed by atoms with Gasteiger partial charge in [0.05, 0.1) is 36.0 Å². The number of rotatable bonds is 13. The van der Waals surface area contributed by atoms with E-state index in [9.17, 15) is 19.2 Å². The fourth-order valence-corrected chi connectivity index (χ4v) is 5.49. The van der Waals surface area contributed by atoms with Gasteiger partial charge in [-0.3, -0.25) is 14.9 Å². The highest BCUT2D eigenvalue weighted by molar-refractivity contribution is 9.10. The Balaban J connectivity index is 1.36. The van der Waals surface area contributed by atoms with Crippen molar-refractivity contribution in [3.63, 3.8) is 0 Å². The van der Waals surface area contributed by atoms with Crippen LogP contribution in [0.15, 0.2) is 95.0 Å². The summed E-state index contributed by atoms with van der Waals surface area (Å²) in [4.78, 5) is 51.6. The fraction of sp³-hybridized carbons (Fsp3) is 0.189. The van der Waals surface area contributed by atoms with Crippen molar-refractivity contribution >= 4 is 51.5 Å². The number of hydrogen-bond donors (Lipinski definition) is 1. The number of carbonyl (C=O) groups is 4. The molecule has 0 atom stereocenters. The Kier molecular flexibility index (Phi) is 11.3. The molecule has 4 aromatic rings. The molecule has 4 amide bonds. The lowest BCUT2D eigenvalue weighted by Crippen LogP contribution is -2.54. The van der Waals surface area contributed by atoms with Gasteiger partial charge in [-0.2, -0.15) is 0 Å². The minimum absolute atomic E-state index is 0.164. The van der Waals surface area contributed by atoms with Crippen molar-refractivity contribution in [1.29, 1.82) is 0 Å². The van der Waals surface area contributed by atoms with Gasteiger partial charge >= 0.3 is 12.0 Å². The first kappa shape index (κ1) is 34.7. The predicted octanol–water partition coefficient (Wildman–Crippen LogP) is 6.86. The van der Waals surface area contributed by atoms with Gasteiger partial charge < -0.3 is 23.7 Å². The summed E-state index contributed by atoms with van der Waals surface area (Å²) in [6.45, 7) is 5.06. The minimum Gasteiger partial charge on any atom is -0.490 e. The van der Waals surface area contributed by atoms with E-state index in [4.69, 9.17) is 23.7 Å². The number of ether oxygens (including phenoxy) is 5. The lowest BCUT2D eigenvalue weighted by Gasteiger charge is -2.26. The molecule has 11 nitrogen and oxygen atoms in total. The van der Waals surface area contributed by atoms with Crippen LogP contribution in [-0.2, 0) is 27.5 Å². The maximum atomic E-state index is 13.5. The molecule has 5 rings (SSSR count). The van der Waals surface area contributed by atoms with Crippen molar-refractivity contribution in [2.24, 2.45) is 0 Å². The average molecular weight is 730 g/mol. The van der Waals surface area contributed by atoms with Gasteiger partial charge in [0.1, 0.15) is 18.8 Å². The molecular formula is C37H33BrN2O9. The molecule has 1 aliphatic heterocycles. The van der Waals surface area contributed by atoms with Gasteiger partial charge in [0, 0.05) is 0 Å². The summed E-state index contributed by atoms with van der Waals surface area (Å²) in [6, 6.07) is 23.5. The molecule has 1 heterocycles. The first-order chi connectivity index (χ1) is 23.7. The van der Waals surface area contributed by atoms with E-state index in [1.54, 1.807) is 12.1 Å². The number of carbonyl (C=O) groups excluding carboxylic acids is 4. The number of barbiturate groups is 1. The van der Waals surface area contributed by atoms with Crippen molar-refractivity contribution in [3.05, 3.63) is 117 Å². The van der Waals surface area contributed by atoms with Crippen molar-refractivity contribution in [1.82, 2.24) is 5.32 Å². The van der Waals surface area contributed by atoms with E-state index in [-0.39, 0.29) is 23.4 Å². The van der Waals surface area contributed by atoms with Crippen LogP contribution in [0.1, 0.15) is 40.9 Å². The Morgan fingerprint density at radius 2 is 1.47 bits per heavy atom. The number of esters is 1. The van der Waals surface area contributed by atoms with Crippen LogP contribution in [0.5, 0.6) is 23.0 Å². The third-order valence-electron chi connectivity index (χ3n) is 7.22. The summed E-state index contributed by atoms with van der Waals surface area (Å²) in [5, 5.41) is 2.20. The average Bonchev–Trinajstić information content (AvgIpc) is 3.10. The van der Waals surface area contributed by atoms with E-state index in [0.29, 0.717) is 52.9 Å². The number of benzene rings is 4. The zero-order valence-electron chi connectivity index (χ0n) is 27.0. The van der Waals surface area contributed by atoms with E-state index in [1.165, 1.54) is 37.5 Å². The summed E-state index contributed by atoms with van der Waals surface area (Å²) in [5.74, 6) is -0.281. The molecule has 1 aliphatic rings. The number of anilines is 1. The smallest absolute Gasteiger partial charge is 0.337 e. The van der Waals surface area contributed by atoms with Gasteiger partial charge in [0.2, 0.25) is 0 Å². The number of methoxy groups -OCH3 is 1. The molecule has 4 aromatic carbocycles. The third-order valence-corrected chi connectivity index (χ3v) is 7.81. The second kappa shape index (κ2) is 16.0. The molecule has 0 saturated carbocycles. The van der Waals surface area contributed by atoms with Crippen LogP contribution in [0.2, 0.25) is 0 Å². The topological polar surface area (TPSA) is 130 Å². The number of nitrogens with one attached hydrogen (secondary N) is 1. The largest absolute Gasteiger partial charge is 0.490 e. The Labute approximate surface area is 291 Å². The zero-order chi connectivity index (χ0) is 34.9. The zero-order valence-corrected chi connectivity index (χ0v) is 28.6. The van der Waals surface area contributed by atoms with Crippen molar-refractivity contribution in [3.8, 4) is 23.0 Å². The Morgan fingerprint density at radius 1 is 0.776 bits per heavy atom. The molecule has 0 unspecified atom stereocenters. The quantitative estimate of drug-likeness (QED) is 0.0892. The third kappa shape index (κ3) is 8.28. The van der Waals surface area contributed by atoms with Crippen LogP contribution < -0.4 is 29.2 Å². The Hall–Kier alpha value is -5.62. The molecule has 1 saturated heterocycles. The van der Waals surface area contributed by atoms with E-state index in [1.807, 2.05) is 62.4 Å². The monoisotopic (exact) mass is 728 g/mol. The molecule has 1 fully saturated rings. The SMILES string of the molecule is CCOc1cc(COc2c(Br)cc(/C=C3/C(=O)NC(=O)N(c4ccc(C(=O)OC)cc4)C3=O)cc2OCC)ccc1OCc1ccccc1. The summed E-state index contributed by atoms with van der Waals surface area (Å²) in [5.41, 5.74) is 2.42. The molecule has 0 aromatic heterocycles. The Bertz CT molecular complexity index is 1890. The lowest BCUT2D eigenvalue weighted by molar-refractivity contribution is -0.122. The fourth-order valence-electron chi connectivity index (χ4n) is 4.92. The second-order valence-corrected chi connectivity index (χ2v) is 11.4. The number of urea groups is 1. The highest BCUT2D eigenvalue weighted by Crippen LogP contribution is 2.39. The van der Waals surface area contributed by atoms with E-state index < -0.39 is 23.8 Å². The number of amides is 4. The highest BCUT2D eigenvalue weighted by atomic mass is 79.9. The predicted molar refractivity (Wildman–Crippen MR) is 185 cm³/mol. The maximum Gasteiger partial charge on any atom is 0.337 e. The molecule has 0 spiro atoms. The molecule has 12 heteroatoms. The van der Waals surface area contributed by atoms with Gasteiger partial charge in [-0.05, 0) is 101 Å². The number of halogens is 1. The van der Waals surface area contributed by atoms with Crippen LogP contribution in [0, 0.1) is 0 Å². The van der Waals surface area contributed by atoms with Crippen LogP contribution in [0.3, 0.4) is 0 Å². The number of imide groups is 2. The van der Waals surface area contributed by atoms with Crippen molar-refractivity contribution in [2.75, 3.05) is 25.2 Å². The summed E-state index contributed by atoms with van der Waals surface area (Å²) in [6.07, 6.45) is 1.36. The first-order valence-electron chi connectivity index (χ1n) is 15.3. The highest BCUT2D eigenvalue weighted by Gasteiger charge is 2.37.